The zero-order valence-electron chi connectivity index (χ0n) is 13.3. The minimum Gasteiger partial charge on any atom is -0.300 e. The molecule has 0 aliphatic carbocycles. The topological polar surface area (TPSA) is 54.4 Å². The first kappa shape index (κ1) is 17.0. The molecule has 4 nitrogen and oxygen atoms in total. The highest BCUT2D eigenvalue weighted by Gasteiger charge is 2.24. The van der Waals surface area contributed by atoms with Crippen molar-refractivity contribution in [3.8, 4) is 10.4 Å². The maximum atomic E-state index is 12.1. The number of aromatic nitrogens is 1. The van der Waals surface area contributed by atoms with Crippen molar-refractivity contribution in [3.63, 3.8) is 0 Å². The first-order chi connectivity index (χ1) is 12.7. The lowest BCUT2D eigenvalue weighted by atomic mass is 10.2. The number of halogens is 1. The number of pyridine rings is 1. The van der Waals surface area contributed by atoms with Crippen LogP contribution < -0.4 is 5.32 Å². The van der Waals surface area contributed by atoms with E-state index in [-0.39, 0.29) is 5.91 Å². The van der Waals surface area contributed by atoms with Crippen LogP contribution in [0.15, 0.2) is 70.0 Å². The molecule has 26 heavy (non-hydrogen) atoms. The van der Waals surface area contributed by atoms with Crippen LogP contribution in [0, 0.1) is 0 Å². The van der Waals surface area contributed by atoms with Gasteiger partial charge >= 0.3 is 0 Å². The summed E-state index contributed by atoms with van der Waals surface area (Å²) in [4.78, 5) is 22.5. The van der Waals surface area contributed by atoms with Gasteiger partial charge in [0.25, 0.3) is 5.91 Å². The number of thioether (sulfide) groups is 1. The Morgan fingerprint density at radius 1 is 1.15 bits per heavy atom. The van der Waals surface area contributed by atoms with Crippen molar-refractivity contribution >= 4 is 57.5 Å². The van der Waals surface area contributed by atoms with Crippen LogP contribution in [0.2, 0.25) is 5.02 Å². The number of hydrogen-bond donors (Lipinski definition) is 1. The third-order valence-corrected chi connectivity index (χ3v) is 5.69. The zero-order valence-corrected chi connectivity index (χ0v) is 15.7. The van der Waals surface area contributed by atoms with Gasteiger partial charge in [0.15, 0.2) is 5.17 Å². The number of amides is 1. The molecule has 0 saturated carbocycles. The highest BCUT2D eigenvalue weighted by molar-refractivity contribution is 8.18. The number of aliphatic imine (C=N–C) groups is 1. The maximum absolute atomic E-state index is 12.1. The molecule has 0 bridgehead atoms. The van der Waals surface area contributed by atoms with E-state index in [1.165, 1.54) is 11.8 Å². The van der Waals surface area contributed by atoms with Gasteiger partial charge in [0.05, 0.1) is 16.3 Å². The average molecular weight is 398 g/mol. The minimum absolute atomic E-state index is 0.160. The van der Waals surface area contributed by atoms with Crippen LogP contribution in [-0.2, 0) is 4.79 Å². The molecule has 2 aromatic heterocycles. The molecule has 0 unspecified atom stereocenters. The van der Waals surface area contributed by atoms with Gasteiger partial charge in [-0.2, -0.15) is 0 Å². The van der Waals surface area contributed by atoms with Crippen molar-refractivity contribution in [1.29, 1.82) is 0 Å². The Balaban J connectivity index is 1.53. The Labute approximate surface area is 163 Å². The summed E-state index contributed by atoms with van der Waals surface area (Å²) in [5, 5.41) is 6.04. The van der Waals surface area contributed by atoms with E-state index >= 15 is 0 Å². The van der Waals surface area contributed by atoms with Gasteiger partial charge in [-0.25, -0.2) is 4.99 Å². The van der Waals surface area contributed by atoms with Crippen LogP contribution in [0.25, 0.3) is 16.5 Å². The Morgan fingerprint density at radius 3 is 2.77 bits per heavy atom. The number of thiophene rings is 1. The van der Waals surface area contributed by atoms with Gasteiger partial charge in [-0.15, -0.1) is 11.3 Å². The van der Waals surface area contributed by atoms with Crippen LogP contribution >= 0.6 is 34.7 Å². The Kier molecular flexibility index (Phi) is 4.88. The summed E-state index contributed by atoms with van der Waals surface area (Å²) >= 11 is 8.84. The molecule has 1 aliphatic heterocycles. The minimum atomic E-state index is -0.160. The number of nitrogens with one attached hydrogen (secondary N) is 1. The molecule has 128 valence electrons. The fourth-order valence-electron chi connectivity index (χ4n) is 2.34. The summed E-state index contributed by atoms with van der Waals surface area (Å²) < 4.78 is 0. The van der Waals surface area contributed by atoms with E-state index in [0.29, 0.717) is 15.1 Å². The van der Waals surface area contributed by atoms with Crippen molar-refractivity contribution in [2.45, 2.75) is 0 Å². The van der Waals surface area contributed by atoms with Crippen LogP contribution in [0.1, 0.15) is 5.69 Å². The monoisotopic (exact) mass is 397 g/mol. The SMILES string of the molecule is O=C1NC(=Nc2csc(-c3ccc(Cl)cc3)c2)S/C1=C\c1ccccn1. The van der Waals surface area contributed by atoms with E-state index in [9.17, 15) is 4.79 Å². The van der Waals surface area contributed by atoms with E-state index in [4.69, 9.17) is 11.6 Å². The van der Waals surface area contributed by atoms with Gasteiger partial charge in [-0.05, 0) is 53.7 Å². The van der Waals surface area contributed by atoms with Crippen molar-refractivity contribution in [3.05, 3.63) is 75.7 Å². The third kappa shape index (κ3) is 3.88. The number of hydrogen-bond acceptors (Lipinski definition) is 5. The van der Waals surface area contributed by atoms with E-state index < -0.39 is 0 Å². The Hall–Kier alpha value is -2.41. The van der Waals surface area contributed by atoms with Crippen LogP contribution in [-0.4, -0.2) is 16.1 Å². The van der Waals surface area contributed by atoms with Gasteiger partial charge in [0.2, 0.25) is 0 Å². The lowest BCUT2D eigenvalue weighted by Crippen LogP contribution is -2.19. The molecule has 3 heterocycles. The average Bonchev–Trinajstić information content (AvgIpc) is 3.24. The quantitative estimate of drug-likeness (QED) is 0.605. The number of rotatable bonds is 3. The van der Waals surface area contributed by atoms with Gasteiger partial charge in [0, 0.05) is 21.5 Å². The van der Waals surface area contributed by atoms with Gasteiger partial charge < -0.3 is 5.32 Å². The van der Waals surface area contributed by atoms with Gasteiger partial charge in [-0.1, -0.05) is 29.8 Å². The van der Waals surface area contributed by atoms with Crippen molar-refractivity contribution in [1.82, 2.24) is 10.3 Å². The van der Waals surface area contributed by atoms with Crippen molar-refractivity contribution < 1.29 is 4.79 Å². The first-order valence-corrected chi connectivity index (χ1v) is 9.80. The number of amidine groups is 1. The summed E-state index contributed by atoms with van der Waals surface area (Å²) in [5.41, 5.74) is 2.64. The summed E-state index contributed by atoms with van der Waals surface area (Å²) in [6, 6.07) is 15.3. The fourth-order valence-corrected chi connectivity index (χ4v) is 4.13. The molecular formula is C19H12ClN3OS2. The third-order valence-electron chi connectivity index (χ3n) is 3.56. The van der Waals surface area contributed by atoms with E-state index in [0.717, 1.165) is 21.8 Å². The molecule has 7 heteroatoms. The lowest BCUT2D eigenvalue weighted by Gasteiger charge is -1.96. The molecule has 1 fully saturated rings. The Morgan fingerprint density at radius 2 is 2.00 bits per heavy atom. The molecular weight excluding hydrogens is 386 g/mol. The molecule has 1 aliphatic rings. The molecule has 0 atom stereocenters. The molecule has 3 aromatic rings. The molecule has 1 saturated heterocycles. The molecule has 1 amide bonds. The first-order valence-electron chi connectivity index (χ1n) is 7.72. The predicted molar refractivity (Wildman–Crippen MR) is 110 cm³/mol. The van der Waals surface area contributed by atoms with Crippen LogP contribution in [0.5, 0.6) is 0 Å². The van der Waals surface area contributed by atoms with E-state index in [1.54, 1.807) is 23.6 Å². The smallest absolute Gasteiger partial charge is 0.264 e. The summed E-state index contributed by atoms with van der Waals surface area (Å²) in [7, 11) is 0. The lowest BCUT2D eigenvalue weighted by molar-refractivity contribution is -0.115. The maximum Gasteiger partial charge on any atom is 0.264 e. The predicted octanol–water partition coefficient (Wildman–Crippen LogP) is 5.36. The molecule has 1 aromatic carbocycles. The standard InChI is InChI=1S/C19H12ClN3OS2/c20-13-6-4-12(5-7-13)16-10-15(11-25-16)22-19-23-18(24)17(26-19)9-14-3-1-2-8-21-14/h1-11H,(H,22,23,24)/b17-9-. The Bertz CT molecular complexity index is 1010. The van der Waals surface area contributed by atoms with Crippen molar-refractivity contribution in [2.75, 3.05) is 0 Å². The number of carbonyl (C=O) groups excluding carboxylic acids is 1. The van der Waals surface area contributed by atoms with E-state index in [1.807, 2.05) is 53.9 Å². The summed E-state index contributed by atoms with van der Waals surface area (Å²) in [6.07, 6.45) is 3.46. The molecule has 0 radical (unpaired) electrons. The molecule has 0 spiro atoms. The second-order valence-electron chi connectivity index (χ2n) is 5.41. The van der Waals surface area contributed by atoms with Crippen LogP contribution in [0.3, 0.4) is 0 Å². The second kappa shape index (κ2) is 7.45. The normalized spacial score (nSPS) is 17.0. The summed E-state index contributed by atoms with van der Waals surface area (Å²) in [6.45, 7) is 0. The second-order valence-corrected chi connectivity index (χ2v) is 7.79. The number of carbonyl (C=O) groups is 1. The van der Waals surface area contributed by atoms with E-state index in [2.05, 4.69) is 15.3 Å². The summed E-state index contributed by atoms with van der Waals surface area (Å²) in [5.74, 6) is -0.160. The zero-order chi connectivity index (χ0) is 17.9. The molecule has 4 rings (SSSR count). The highest BCUT2D eigenvalue weighted by atomic mass is 35.5. The largest absolute Gasteiger partial charge is 0.300 e. The van der Waals surface area contributed by atoms with Crippen LogP contribution in [0.4, 0.5) is 5.69 Å². The number of nitrogens with zero attached hydrogens (tertiary/aromatic N) is 2. The highest BCUT2D eigenvalue weighted by Crippen LogP contribution is 2.34. The van der Waals surface area contributed by atoms with Gasteiger partial charge in [0.1, 0.15) is 0 Å². The van der Waals surface area contributed by atoms with Crippen molar-refractivity contribution in [2.24, 2.45) is 4.99 Å². The fraction of sp³-hybridized carbons (Fsp3) is 0. The molecule has 1 N–H and O–H groups in total. The number of benzene rings is 1. The van der Waals surface area contributed by atoms with Gasteiger partial charge in [-0.3, -0.25) is 9.78 Å².